The summed E-state index contributed by atoms with van der Waals surface area (Å²) in [5.74, 6) is -0.548. The first-order valence-corrected chi connectivity index (χ1v) is 11.6. The van der Waals surface area contributed by atoms with Crippen molar-refractivity contribution in [1.82, 2.24) is 14.3 Å². The molecule has 0 bridgehead atoms. The average Bonchev–Trinajstić information content (AvgIpc) is 3.43. The molecule has 1 aliphatic heterocycles. The molecule has 0 unspecified atom stereocenters. The van der Waals surface area contributed by atoms with E-state index in [1.807, 2.05) is 54.6 Å². The number of amides is 1. The van der Waals surface area contributed by atoms with Crippen LogP contribution in [0.4, 0.5) is 5.95 Å². The van der Waals surface area contributed by atoms with E-state index in [2.05, 4.69) is 5.10 Å². The lowest BCUT2D eigenvalue weighted by Gasteiger charge is -2.16. The number of primary amides is 1. The Bertz CT molecular complexity index is 1460. The van der Waals surface area contributed by atoms with Crippen molar-refractivity contribution in [1.29, 1.82) is 0 Å². The number of anilines is 1. The third kappa shape index (κ3) is 4.58. The third-order valence-electron chi connectivity index (χ3n) is 5.71. The standard InChI is InChI=1S/C25H20Cl2N6O2/c26-18-8-6-17(7-9-18)23-21(16-4-2-1-3-5-16)14-32(29-23)24-30-33(20-12-10-19(27)11-13-20)25(35)31(24)15-22(28)34/h1-13,21H,14-15H2,(H2,28,34)/t21-/m1/s1. The molecule has 0 spiro atoms. The van der Waals surface area contributed by atoms with Crippen LogP contribution < -0.4 is 16.4 Å². The summed E-state index contributed by atoms with van der Waals surface area (Å²) in [4.78, 5) is 25.1. The first-order valence-electron chi connectivity index (χ1n) is 10.8. The summed E-state index contributed by atoms with van der Waals surface area (Å²) >= 11 is 12.1. The molecule has 1 aliphatic rings. The minimum atomic E-state index is -0.662. The van der Waals surface area contributed by atoms with Crippen molar-refractivity contribution in [2.24, 2.45) is 10.8 Å². The minimum Gasteiger partial charge on any atom is -0.368 e. The van der Waals surface area contributed by atoms with E-state index >= 15 is 0 Å². The molecule has 0 aliphatic carbocycles. The molecule has 1 amide bonds. The van der Waals surface area contributed by atoms with Gasteiger partial charge in [0.2, 0.25) is 11.9 Å². The monoisotopic (exact) mass is 506 g/mol. The van der Waals surface area contributed by atoms with Crippen molar-refractivity contribution >= 4 is 40.8 Å². The summed E-state index contributed by atoms with van der Waals surface area (Å²) in [5.41, 5.74) is 8.21. The van der Waals surface area contributed by atoms with Crippen molar-refractivity contribution in [3.05, 3.63) is 111 Å². The topological polar surface area (TPSA) is 98.5 Å². The highest BCUT2D eigenvalue weighted by Gasteiger charge is 2.33. The number of nitrogens with zero attached hydrogens (tertiary/aromatic N) is 5. The first-order chi connectivity index (χ1) is 16.9. The number of hydrazone groups is 1. The van der Waals surface area contributed by atoms with Crippen LogP contribution in [0.15, 0.2) is 88.8 Å². The molecule has 3 aromatic carbocycles. The number of halogens is 2. The molecule has 10 heteroatoms. The van der Waals surface area contributed by atoms with Crippen LogP contribution in [-0.4, -0.2) is 32.5 Å². The predicted molar refractivity (Wildman–Crippen MR) is 137 cm³/mol. The van der Waals surface area contributed by atoms with Gasteiger partial charge in [0.05, 0.1) is 17.9 Å². The number of aromatic nitrogens is 3. The Morgan fingerprint density at radius 3 is 2.20 bits per heavy atom. The number of carbonyl (C=O) groups excluding carboxylic acids is 1. The zero-order chi connectivity index (χ0) is 24.5. The van der Waals surface area contributed by atoms with Gasteiger partial charge < -0.3 is 5.73 Å². The molecule has 176 valence electrons. The molecule has 8 nitrogen and oxygen atoms in total. The minimum absolute atomic E-state index is 0.102. The maximum absolute atomic E-state index is 13.2. The number of hydrogen-bond acceptors (Lipinski definition) is 5. The van der Waals surface area contributed by atoms with Gasteiger partial charge in [0.25, 0.3) is 0 Å². The van der Waals surface area contributed by atoms with Gasteiger partial charge in [0.15, 0.2) is 0 Å². The fraction of sp³-hybridized carbons (Fsp3) is 0.120. The zero-order valence-corrected chi connectivity index (χ0v) is 19.9. The van der Waals surface area contributed by atoms with Gasteiger partial charge in [0.1, 0.15) is 6.54 Å². The Morgan fingerprint density at radius 2 is 1.57 bits per heavy atom. The van der Waals surface area contributed by atoms with Crippen LogP contribution >= 0.6 is 23.2 Å². The number of benzene rings is 3. The van der Waals surface area contributed by atoms with Crippen LogP contribution in [0.3, 0.4) is 0 Å². The van der Waals surface area contributed by atoms with Crippen molar-refractivity contribution in [3.8, 4) is 5.69 Å². The predicted octanol–water partition coefficient (Wildman–Crippen LogP) is 3.83. The average molecular weight is 507 g/mol. The zero-order valence-electron chi connectivity index (χ0n) is 18.4. The molecule has 2 N–H and O–H groups in total. The fourth-order valence-electron chi connectivity index (χ4n) is 4.08. The first kappa shape index (κ1) is 22.9. The van der Waals surface area contributed by atoms with Gasteiger partial charge in [-0.3, -0.25) is 4.79 Å². The van der Waals surface area contributed by atoms with Gasteiger partial charge in [-0.2, -0.15) is 9.78 Å². The third-order valence-corrected chi connectivity index (χ3v) is 6.22. The molecule has 0 radical (unpaired) electrons. The van der Waals surface area contributed by atoms with E-state index in [9.17, 15) is 9.59 Å². The molecular weight excluding hydrogens is 487 g/mol. The highest BCUT2D eigenvalue weighted by Crippen LogP contribution is 2.31. The van der Waals surface area contributed by atoms with E-state index in [4.69, 9.17) is 34.0 Å². The van der Waals surface area contributed by atoms with Gasteiger partial charge in [-0.1, -0.05) is 65.7 Å². The number of carbonyl (C=O) groups is 1. The Morgan fingerprint density at radius 1 is 0.943 bits per heavy atom. The molecule has 1 aromatic heterocycles. The van der Waals surface area contributed by atoms with Crippen molar-refractivity contribution < 1.29 is 4.79 Å². The van der Waals surface area contributed by atoms with Crippen molar-refractivity contribution in [3.63, 3.8) is 0 Å². The summed E-state index contributed by atoms with van der Waals surface area (Å²) in [5, 5.41) is 12.2. The highest BCUT2D eigenvalue weighted by atomic mass is 35.5. The molecule has 35 heavy (non-hydrogen) atoms. The van der Waals surface area contributed by atoms with Crippen molar-refractivity contribution in [2.45, 2.75) is 12.5 Å². The van der Waals surface area contributed by atoms with Gasteiger partial charge in [-0.15, -0.1) is 5.10 Å². The Labute approximate surface area is 210 Å². The summed E-state index contributed by atoms with van der Waals surface area (Å²) in [6.07, 6.45) is 0. The van der Waals surface area contributed by atoms with Gasteiger partial charge in [0, 0.05) is 16.0 Å². The molecule has 2 heterocycles. The molecule has 0 saturated carbocycles. The highest BCUT2D eigenvalue weighted by molar-refractivity contribution is 6.31. The molecule has 0 saturated heterocycles. The van der Waals surface area contributed by atoms with E-state index in [-0.39, 0.29) is 18.4 Å². The summed E-state index contributed by atoms with van der Waals surface area (Å²) in [6.45, 7) is 0.0812. The summed E-state index contributed by atoms with van der Waals surface area (Å²) < 4.78 is 2.44. The second-order valence-corrected chi connectivity index (χ2v) is 8.93. The summed E-state index contributed by atoms with van der Waals surface area (Å²) in [7, 11) is 0. The molecule has 0 fully saturated rings. The lowest BCUT2D eigenvalue weighted by atomic mass is 9.91. The second-order valence-electron chi connectivity index (χ2n) is 8.06. The van der Waals surface area contributed by atoms with Gasteiger partial charge in [-0.25, -0.2) is 14.4 Å². The van der Waals surface area contributed by atoms with Crippen molar-refractivity contribution in [2.75, 3.05) is 11.6 Å². The molecule has 4 aromatic rings. The van der Waals surface area contributed by atoms with Gasteiger partial charge >= 0.3 is 5.69 Å². The Hall–Kier alpha value is -3.88. The van der Waals surface area contributed by atoms with Crippen LogP contribution in [0.2, 0.25) is 10.0 Å². The lowest BCUT2D eigenvalue weighted by Crippen LogP contribution is -2.31. The number of hydrogen-bond donors (Lipinski definition) is 1. The van der Waals surface area contributed by atoms with E-state index in [1.54, 1.807) is 29.3 Å². The smallest absolute Gasteiger partial charge is 0.352 e. The lowest BCUT2D eigenvalue weighted by molar-refractivity contribution is -0.118. The maximum atomic E-state index is 13.2. The van der Waals surface area contributed by atoms with Crippen LogP contribution in [0, 0.1) is 0 Å². The Balaban J connectivity index is 1.63. The number of rotatable bonds is 6. The van der Waals surface area contributed by atoms with E-state index in [0.29, 0.717) is 22.3 Å². The maximum Gasteiger partial charge on any atom is 0.352 e. The van der Waals surface area contributed by atoms with Crippen LogP contribution in [0.1, 0.15) is 17.0 Å². The quantitative estimate of drug-likeness (QED) is 0.429. The molecule has 5 rings (SSSR count). The van der Waals surface area contributed by atoms with Crippen LogP contribution in [-0.2, 0) is 11.3 Å². The SMILES string of the molecule is NC(=O)Cn1c(N2C[C@H](c3ccccc3)C(c3ccc(Cl)cc3)=N2)nn(-c2ccc(Cl)cc2)c1=O. The van der Waals surface area contributed by atoms with E-state index < -0.39 is 11.6 Å². The normalized spacial score (nSPS) is 15.3. The second kappa shape index (κ2) is 9.40. The van der Waals surface area contributed by atoms with Gasteiger partial charge in [-0.05, 0) is 47.5 Å². The van der Waals surface area contributed by atoms with E-state index in [1.165, 1.54) is 9.25 Å². The van der Waals surface area contributed by atoms with Crippen LogP contribution in [0.25, 0.3) is 5.69 Å². The Kier molecular flexibility index (Phi) is 6.15. The summed E-state index contributed by atoms with van der Waals surface area (Å²) in [6, 6.07) is 24.0. The van der Waals surface area contributed by atoms with Crippen LogP contribution in [0.5, 0.6) is 0 Å². The largest absolute Gasteiger partial charge is 0.368 e. The molecule has 1 atom stereocenters. The molecular formula is C25H20Cl2N6O2. The number of nitrogens with two attached hydrogens (primary N) is 1. The fourth-order valence-corrected chi connectivity index (χ4v) is 4.33. The van der Waals surface area contributed by atoms with E-state index in [0.717, 1.165) is 16.8 Å².